The molecule has 0 aliphatic rings. The summed E-state index contributed by atoms with van der Waals surface area (Å²) in [7, 11) is 0. The second kappa shape index (κ2) is 7.09. The summed E-state index contributed by atoms with van der Waals surface area (Å²) in [5, 5.41) is 18.8. The van der Waals surface area contributed by atoms with Crippen LogP contribution >= 0.6 is 0 Å². The highest BCUT2D eigenvalue weighted by atomic mass is 16.4. The lowest BCUT2D eigenvalue weighted by molar-refractivity contribution is 0.0649. The molecule has 0 bridgehead atoms. The van der Waals surface area contributed by atoms with Crippen LogP contribution in [-0.4, -0.2) is 22.2 Å². The van der Waals surface area contributed by atoms with Crippen LogP contribution in [0.2, 0.25) is 0 Å². The molecule has 0 spiro atoms. The summed E-state index contributed by atoms with van der Waals surface area (Å²) in [6.07, 6.45) is 0.669. The first kappa shape index (κ1) is 16.7. The summed E-state index contributed by atoms with van der Waals surface area (Å²) in [5.41, 5.74) is 1.42. The Hall–Kier alpha value is -2.62. The first-order chi connectivity index (χ1) is 10.9. The summed E-state index contributed by atoms with van der Waals surface area (Å²) in [6, 6.07) is 14.5. The molecule has 4 heteroatoms. The van der Waals surface area contributed by atoms with E-state index >= 15 is 0 Å². The van der Waals surface area contributed by atoms with E-state index in [0.29, 0.717) is 12.0 Å². The normalized spacial score (nSPS) is 12.1. The van der Waals surface area contributed by atoms with Gasteiger partial charge in [-0.15, -0.1) is 0 Å². The first-order valence-corrected chi connectivity index (χ1v) is 7.55. The Morgan fingerprint density at radius 2 is 1.57 bits per heavy atom. The zero-order valence-corrected chi connectivity index (χ0v) is 13.2. The topological polar surface area (TPSA) is 74.6 Å². The SMILES string of the molecule is CC(C)C(Cc1ccccc1)c1cccc(C(=O)O)c1C(=O)O. The van der Waals surface area contributed by atoms with Crippen molar-refractivity contribution in [2.24, 2.45) is 5.92 Å². The van der Waals surface area contributed by atoms with Crippen molar-refractivity contribution in [3.8, 4) is 0 Å². The molecule has 0 aliphatic carbocycles. The molecule has 2 N–H and O–H groups in total. The fourth-order valence-electron chi connectivity index (χ4n) is 2.87. The maximum atomic E-state index is 11.7. The van der Waals surface area contributed by atoms with Crippen LogP contribution in [0, 0.1) is 5.92 Å². The van der Waals surface area contributed by atoms with E-state index in [1.165, 1.54) is 6.07 Å². The molecule has 0 saturated carbocycles. The van der Waals surface area contributed by atoms with Crippen LogP contribution in [0.25, 0.3) is 0 Å². The Labute approximate surface area is 135 Å². The highest BCUT2D eigenvalue weighted by Gasteiger charge is 2.26. The van der Waals surface area contributed by atoms with Crippen molar-refractivity contribution in [3.05, 3.63) is 70.8 Å². The van der Waals surface area contributed by atoms with Crippen molar-refractivity contribution >= 4 is 11.9 Å². The number of aromatic carboxylic acids is 2. The van der Waals surface area contributed by atoms with E-state index in [0.717, 1.165) is 5.56 Å². The van der Waals surface area contributed by atoms with E-state index in [1.807, 2.05) is 44.2 Å². The van der Waals surface area contributed by atoms with Crippen molar-refractivity contribution in [1.82, 2.24) is 0 Å². The Kier molecular flexibility index (Phi) is 5.16. The molecule has 0 fully saturated rings. The average molecular weight is 312 g/mol. The molecule has 23 heavy (non-hydrogen) atoms. The van der Waals surface area contributed by atoms with Crippen LogP contribution in [0.1, 0.15) is 51.6 Å². The molecule has 0 radical (unpaired) electrons. The zero-order valence-electron chi connectivity index (χ0n) is 13.2. The minimum absolute atomic E-state index is 0.0669. The van der Waals surface area contributed by atoms with Crippen LogP contribution < -0.4 is 0 Å². The van der Waals surface area contributed by atoms with Crippen LogP contribution in [-0.2, 0) is 6.42 Å². The van der Waals surface area contributed by atoms with Gasteiger partial charge in [-0.25, -0.2) is 9.59 Å². The molecule has 2 rings (SSSR count). The predicted molar refractivity (Wildman–Crippen MR) is 88.1 cm³/mol. The van der Waals surface area contributed by atoms with Gasteiger partial charge in [0.1, 0.15) is 0 Å². The van der Waals surface area contributed by atoms with Crippen molar-refractivity contribution in [1.29, 1.82) is 0 Å². The molecule has 0 aromatic heterocycles. The lowest BCUT2D eigenvalue weighted by Gasteiger charge is -2.24. The molecule has 0 heterocycles. The molecule has 4 nitrogen and oxygen atoms in total. The Morgan fingerprint density at radius 1 is 0.913 bits per heavy atom. The van der Waals surface area contributed by atoms with Gasteiger partial charge < -0.3 is 10.2 Å². The molecule has 1 unspecified atom stereocenters. The summed E-state index contributed by atoms with van der Waals surface area (Å²) in [6.45, 7) is 4.04. The fourth-order valence-corrected chi connectivity index (χ4v) is 2.87. The maximum Gasteiger partial charge on any atom is 0.336 e. The van der Waals surface area contributed by atoms with Crippen molar-refractivity contribution in [3.63, 3.8) is 0 Å². The smallest absolute Gasteiger partial charge is 0.336 e. The van der Waals surface area contributed by atoms with Crippen LogP contribution in [0.3, 0.4) is 0 Å². The largest absolute Gasteiger partial charge is 0.478 e. The zero-order chi connectivity index (χ0) is 17.0. The molecule has 2 aromatic carbocycles. The molecule has 120 valence electrons. The van der Waals surface area contributed by atoms with E-state index in [9.17, 15) is 19.8 Å². The van der Waals surface area contributed by atoms with Gasteiger partial charge in [-0.05, 0) is 35.4 Å². The second-order valence-corrected chi connectivity index (χ2v) is 5.92. The average Bonchev–Trinajstić information content (AvgIpc) is 2.52. The van der Waals surface area contributed by atoms with Crippen molar-refractivity contribution < 1.29 is 19.8 Å². The number of carbonyl (C=O) groups is 2. The minimum Gasteiger partial charge on any atom is -0.478 e. The molecule has 0 saturated heterocycles. The van der Waals surface area contributed by atoms with Gasteiger partial charge in [0.15, 0.2) is 0 Å². The van der Waals surface area contributed by atoms with Crippen LogP contribution in [0.15, 0.2) is 48.5 Å². The molecule has 0 amide bonds. The molecular weight excluding hydrogens is 292 g/mol. The minimum atomic E-state index is -1.22. The van der Waals surface area contributed by atoms with Gasteiger partial charge >= 0.3 is 11.9 Å². The van der Waals surface area contributed by atoms with E-state index in [1.54, 1.807) is 12.1 Å². The third-order valence-electron chi connectivity index (χ3n) is 4.04. The second-order valence-electron chi connectivity index (χ2n) is 5.92. The lowest BCUT2D eigenvalue weighted by Crippen LogP contribution is -2.18. The van der Waals surface area contributed by atoms with Gasteiger partial charge in [-0.1, -0.05) is 56.3 Å². The van der Waals surface area contributed by atoms with Gasteiger partial charge in [0.05, 0.1) is 11.1 Å². The fraction of sp³-hybridized carbons (Fsp3) is 0.263. The standard InChI is InChI=1S/C19H20O4/c1-12(2)16(11-13-7-4-3-5-8-13)14-9-6-10-15(18(20)21)17(14)19(22)23/h3-10,12,16H,11H2,1-2H3,(H,20,21)(H,22,23). The summed E-state index contributed by atoms with van der Waals surface area (Å²) >= 11 is 0. The molecule has 1 atom stereocenters. The number of carboxylic acids is 2. The third-order valence-corrected chi connectivity index (χ3v) is 4.04. The van der Waals surface area contributed by atoms with E-state index in [4.69, 9.17) is 0 Å². The number of hydrogen-bond donors (Lipinski definition) is 2. The van der Waals surface area contributed by atoms with Crippen LogP contribution in [0.4, 0.5) is 0 Å². The van der Waals surface area contributed by atoms with Gasteiger partial charge in [-0.2, -0.15) is 0 Å². The van der Waals surface area contributed by atoms with E-state index in [2.05, 4.69) is 0 Å². The van der Waals surface area contributed by atoms with Crippen molar-refractivity contribution in [2.75, 3.05) is 0 Å². The number of carboxylic acid groups (broad SMARTS) is 2. The maximum absolute atomic E-state index is 11.7. The molecule has 0 aliphatic heterocycles. The number of benzene rings is 2. The van der Waals surface area contributed by atoms with E-state index in [-0.39, 0.29) is 23.0 Å². The highest BCUT2D eigenvalue weighted by Crippen LogP contribution is 2.32. The predicted octanol–water partition coefficient (Wildman–Crippen LogP) is 4.07. The van der Waals surface area contributed by atoms with Gasteiger partial charge in [0.25, 0.3) is 0 Å². The van der Waals surface area contributed by atoms with Crippen molar-refractivity contribution in [2.45, 2.75) is 26.2 Å². The summed E-state index contributed by atoms with van der Waals surface area (Å²) in [5.74, 6) is -2.30. The number of hydrogen-bond acceptors (Lipinski definition) is 2. The Balaban J connectivity index is 2.53. The summed E-state index contributed by atoms with van der Waals surface area (Å²) < 4.78 is 0. The quantitative estimate of drug-likeness (QED) is 0.843. The Morgan fingerprint density at radius 3 is 2.09 bits per heavy atom. The third kappa shape index (κ3) is 3.77. The van der Waals surface area contributed by atoms with Crippen LogP contribution in [0.5, 0.6) is 0 Å². The molecular formula is C19H20O4. The lowest BCUT2D eigenvalue weighted by atomic mass is 9.80. The van der Waals surface area contributed by atoms with Gasteiger partial charge in [0, 0.05) is 0 Å². The summed E-state index contributed by atoms with van der Waals surface area (Å²) in [4.78, 5) is 23.0. The Bertz CT molecular complexity index is 705. The monoisotopic (exact) mass is 312 g/mol. The van der Waals surface area contributed by atoms with E-state index < -0.39 is 11.9 Å². The van der Waals surface area contributed by atoms with Gasteiger partial charge in [0.2, 0.25) is 0 Å². The van der Waals surface area contributed by atoms with Gasteiger partial charge in [-0.3, -0.25) is 0 Å². The first-order valence-electron chi connectivity index (χ1n) is 7.55. The highest BCUT2D eigenvalue weighted by molar-refractivity contribution is 6.02. The number of rotatable bonds is 6. The molecule has 2 aromatic rings.